The third-order valence-corrected chi connectivity index (χ3v) is 4.25. The number of aryl methyl sites for hydroxylation is 2. The summed E-state index contributed by atoms with van der Waals surface area (Å²) in [4.78, 5) is 32.6. The zero-order valence-corrected chi connectivity index (χ0v) is 16.1. The van der Waals surface area contributed by atoms with Crippen molar-refractivity contribution in [1.29, 1.82) is 0 Å². The van der Waals surface area contributed by atoms with E-state index in [0.29, 0.717) is 22.9 Å². The van der Waals surface area contributed by atoms with Crippen LogP contribution in [0.2, 0.25) is 0 Å². The number of Topliss-reactive ketones (excluding diaryl/α,β-unsaturated/α-hetero) is 1. The van der Waals surface area contributed by atoms with Gasteiger partial charge in [-0.15, -0.1) is 0 Å². The molecule has 3 rings (SSSR count). The van der Waals surface area contributed by atoms with E-state index in [1.807, 2.05) is 31.2 Å². The number of hydrogen-bond donors (Lipinski definition) is 2. The number of nitrogens with one attached hydrogen (secondary N) is 2. The van der Waals surface area contributed by atoms with Crippen LogP contribution in [0.1, 0.15) is 46.0 Å². The summed E-state index contributed by atoms with van der Waals surface area (Å²) in [5.41, 5.74) is 4.23. The summed E-state index contributed by atoms with van der Waals surface area (Å²) in [5.74, 6) is -0.00114. The Kier molecular flexibility index (Phi) is 5.79. The average Bonchev–Trinajstić information content (AvgIpc) is 2.68. The van der Waals surface area contributed by atoms with Gasteiger partial charge in [0.05, 0.1) is 0 Å². The van der Waals surface area contributed by atoms with Gasteiger partial charge < -0.3 is 10.6 Å². The van der Waals surface area contributed by atoms with E-state index in [2.05, 4.69) is 27.5 Å². The zero-order valence-electron chi connectivity index (χ0n) is 16.1. The monoisotopic (exact) mass is 374 g/mol. The summed E-state index contributed by atoms with van der Waals surface area (Å²) in [7, 11) is 0. The molecular weight excluding hydrogens is 352 g/mol. The third kappa shape index (κ3) is 4.79. The molecule has 142 valence electrons. The number of nitrogens with zero attached hydrogens (tertiary/aromatic N) is 2. The van der Waals surface area contributed by atoms with Gasteiger partial charge in [0.25, 0.3) is 5.91 Å². The molecule has 1 amide bonds. The van der Waals surface area contributed by atoms with Crippen LogP contribution in [0.5, 0.6) is 0 Å². The van der Waals surface area contributed by atoms with E-state index < -0.39 is 0 Å². The molecule has 0 atom stereocenters. The molecule has 0 aliphatic rings. The number of carbonyl (C=O) groups is 2. The molecule has 0 radical (unpaired) electrons. The molecule has 3 aromatic rings. The van der Waals surface area contributed by atoms with Crippen LogP contribution < -0.4 is 10.6 Å². The lowest BCUT2D eigenvalue weighted by atomic mass is 10.1. The van der Waals surface area contributed by atoms with E-state index in [1.54, 1.807) is 30.3 Å². The van der Waals surface area contributed by atoms with Crippen LogP contribution in [0.3, 0.4) is 0 Å². The number of ketones is 1. The fourth-order valence-corrected chi connectivity index (χ4v) is 2.68. The van der Waals surface area contributed by atoms with Crippen molar-refractivity contribution in [2.75, 3.05) is 10.6 Å². The Morgan fingerprint density at radius 2 is 1.57 bits per heavy atom. The predicted molar refractivity (Wildman–Crippen MR) is 110 cm³/mol. The quantitative estimate of drug-likeness (QED) is 0.619. The number of carbonyl (C=O) groups excluding carboxylic acids is 2. The maximum atomic E-state index is 12.6. The molecule has 0 saturated heterocycles. The highest BCUT2D eigenvalue weighted by molar-refractivity contribution is 6.03. The normalized spacial score (nSPS) is 10.4. The lowest BCUT2D eigenvalue weighted by molar-refractivity contribution is 0.101. The Morgan fingerprint density at radius 1 is 0.929 bits per heavy atom. The number of rotatable bonds is 6. The molecule has 0 saturated carbocycles. The van der Waals surface area contributed by atoms with Crippen LogP contribution in [-0.4, -0.2) is 21.7 Å². The number of hydrogen-bond acceptors (Lipinski definition) is 5. The first kappa shape index (κ1) is 19.2. The van der Waals surface area contributed by atoms with Crippen LogP contribution in [-0.2, 0) is 6.42 Å². The van der Waals surface area contributed by atoms with Gasteiger partial charge in [0.2, 0.25) is 5.95 Å². The van der Waals surface area contributed by atoms with Crippen molar-refractivity contribution in [2.24, 2.45) is 0 Å². The second-order valence-corrected chi connectivity index (χ2v) is 6.48. The molecule has 28 heavy (non-hydrogen) atoms. The maximum absolute atomic E-state index is 12.6. The van der Waals surface area contributed by atoms with E-state index in [9.17, 15) is 9.59 Å². The van der Waals surface area contributed by atoms with Gasteiger partial charge in [-0.1, -0.05) is 19.1 Å². The average molecular weight is 374 g/mol. The van der Waals surface area contributed by atoms with Crippen LogP contribution in [0, 0.1) is 6.92 Å². The highest BCUT2D eigenvalue weighted by Crippen LogP contribution is 2.16. The maximum Gasteiger partial charge on any atom is 0.274 e. The second kappa shape index (κ2) is 8.43. The molecule has 1 heterocycles. The van der Waals surface area contributed by atoms with E-state index >= 15 is 0 Å². The molecule has 2 N–H and O–H groups in total. The van der Waals surface area contributed by atoms with E-state index in [4.69, 9.17) is 0 Å². The summed E-state index contributed by atoms with van der Waals surface area (Å²) in [5, 5.41) is 5.92. The molecule has 2 aromatic carbocycles. The Morgan fingerprint density at radius 3 is 2.18 bits per heavy atom. The molecule has 0 spiro atoms. The number of aromatic nitrogens is 2. The van der Waals surface area contributed by atoms with Crippen molar-refractivity contribution in [2.45, 2.75) is 27.2 Å². The summed E-state index contributed by atoms with van der Waals surface area (Å²) < 4.78 is 0. The fourth-order valence-electron chi connectivity index (χ4n) is 2.68. The largest absolute Gasteiger partial charge is 0.324 e. The van der Waals surface area contributed by atoms with Gasteiger partial charge >= 0.3 is 0 Å². The lowest BCUT2D eigenvalue weighted by Gasteiger charge is -2.09. The Balaban J connectivity index is 1.75. The first-order chi connectivity index (χ1) is 13.4. The molecule has 1 aromatic heterocycles. The van der Waals surface area contributed by atoms with Gasteiger partial charge in [0.15, 0.2) is 5.78 Å². The molecule has 0 fully saturated rings. The van der Waals surface area contributed by atoms with Crippen molar-refractivity contribution in [1.82, 2.24) is 9.97 Å². The van der Waals surface area contributed by atoms with Crippen LogP contribution in [0.15, 0.2) is 54.6 Å². The summed E-state index contributed by atoms with van der Waals surface area (Å²) in [6.07, 6.45) is 0.971. The van der Waals surface area contributed by atoms with Gasteiger partial charge in [-0.3, -0.25) is 9.59 Å². The van der Waals surface area contributed by atoms with Crippen molar-refractivity contribution in [3.63, 3.8) is 0 Å². The fraction of sp³-hybridized carbons (Fsp3) is 0.182. The van der Waals surface area contributed by atoms with Crippen molar-refractivity contribution >= 4 is 29.0 Å². The molecule has 0 bridgehead atoms. The highest BCUT2D eigenvalue weighted by Gasteiger charge is 2.12. The van der Waals surface area contributed by atoms with Gasteiger partial charge in [-0.05, 0) is 68.3 Å². The first-order valence-electron chi connectivity index (χ1n) is 9.08. The van der Waals surface area contributed by atoms with Crippen LogP contribution in [0.25, 0.3) is 0 Å². The number of benzene rings is 2. The summed E-state index contributed by atoms with van der Waals surface area (Å²) in [6.45, 7) is 5.41. The predicted octanol–water partition coefficient (Wildman–Crippen LogP) is 4.55. The molecule has 0 aliphatic heterocycles. The van der Waals surface area contributed by atoms with E-state index in [-0.39, 0.29) is 17.4 Å². The summed E-state index contributed by atoms with van der Waals surface area (Å²) in [6, 6.07) is 16.4. The van der Waals surface area contributed by atoms with Crippen LogP contribution in [0.4, 0.5) is 17.3 Å². The molecule has 0 aliphatic carbocycles. The number of anilines is 3. The van der Waals surface area contributed by atoms with Gasteiger partial charge in [0.1, 0.15) is 5.69 Å². The van der Waals surface area contributed by atoms with Gasteiger partial charge in [-0.2, -0.15) is 0 Å². The Hall–Kier alpha value is -3.54. The zero-order chi connectivity index (χ0) is 20.1. The summed E-state index contributed by atoms with van der Waals surface area (Å²) >= 11 is 0. The number of amides is 1. The van der Waals surface area contributed by atoms with Gasteiger partial charge in [-0.25, -0.2) is 9.97 Å². The lowest BCUT2D eigenvalue weighted by Crippen LogP contribution is -2.15. The molecule has 6 nitrogen and oxygen atoms in total. The van der Waals surface area contributed by atoms with Crippen molar-refractivity contribution < 1.29 is 9.59 Å². The van der Waals surface area contributed by atoms with E-state index in [1.165, 1.54) is 12.5 Å². The van der Waals surface area contributed by atoms with Crippen LogP contribution >= 0.6 is 0 Å². The highest BCUT2D eigenvalue weighted by atomic mass is 16.2. The van der Waals surface area contributed by atoms with Crippen molar-refractivity contribution in [3.05, 3.63) is 77.1 Å². The second-order valence-electron chi connectivity index (χ2n) is 6.48. The SMILES string of the molecule is CCc1ccc(Nc2nc(C)cc(C(=O)Nc3ccc(C(C)=O)cc3)n2)cc1. The third-order valence-electron chi connectivity index (χ3n) is 4.25. The molecule has 0 unspecified atom stereocenters. The van der Waals surface area contributed by atoms with Crippen molar-refractivity contribution in [3.8, 4) is 0 Å². The molecule has 6 heteroatoms. The first-order valence-corrected chi connectivity index (χ1v) is 9.08. The minimum Gasteiger partial charge on any atom is -0.324 e. The Bertz CT molecular complexity index is 996. The standard InChI is InChI=1S/C22H22N4O2/c1-4-16-5-9-19(10-6-16)25-22-23-14(2)13-20(26-22)21(28)24-18-11-7-17(8-12-18)15(3)27/h5-13H,4H2,1-3H3,(H,24,28)(H,23,25,26). The van der Waals surface area contributed by atoms with Gasteiger partial charge in [0, 0.05) is 22.6 Å². The smallest absolute Gasteiger partial charge is 0.274 e. The minimum absolute atomic E-state index is 0.0213. The molecular formula is C22H22N4O2. The van der Waals surface area contributed by atoms with E-state index in [0.717, 1.165) is 12.1 Å². The minimum atomic E-state index is -0.342. The Labute approximate surface area is 164 Å². The topological polar surface area (TPSA) is 84.0 Å².